The van der Waals surface area contributed by atoms with Crippen LogP contribution in [0.3, 0.4) is 0 Å². The maximum atomic E-state index is 12.1. The van der Waals surface area contributed by atoms with Gasteiger partial charge in [-0.25, -0.2) is 9.59 Å². The number of fused-ring (bicyclic) bond motifs is 2. The summed E-state index contributed by atoms with van der Waals surface area (Å²) in [6.07, 6.45) is 3.22. The molecule has 3 rings (SSSR count). The van der Waals surface area contributed by atoms with Gasteiger partial charge in [-0.15, -0.1) is 0 Å². The number of carbonyl (C=O) groups is 2. The number of carboxylic acid groups (broad SMARTS) is 1. The van der Waals surface area contributed by atoms with Gasteiger partial charge in [-0.3, -0.25) is 0 Å². The third-order valence-corrected chi connectivity index (χ3v) is 4.16. The Hall–Kier alpha value is -2.08. The molecule has 2 bridgehead atoms. The lowest BCUT2D eigenvalue weighted by Gasteiger charge is -2.21. The quantitative estimate of drug-likeness (QED) is 0.795. The van der Waals surface area contributed by atoms with Gasteiger partial charge in [0, 0.05) is 0 Å². The Balaban J connectivity index is 1.69. The number of aryl methyl sites for hydroxylation is 1. The zero-order valence-electron chi connectivity index (χ0n) is 11.8. The van der Waals surface area contributed by atoms with Crippen LogP contribution in [-0.4, -0.2) is 35.4 Å². The summed E-state index contributed by atoms with van der Waals surface area (Å²) in [5.41, 5.74) is 1.15. The summed E-state index contributed by atoms with van der Waals surface area (Å²) in [7, 11) is 0. The van der Waals surface area contributed by atoms with Crippen LogP contribution in [0.25, 0.3) is 0 Å². The average molecular weight is 290 g/mol. The van der Waals surface area contributed by atoms with E-state index in [9.17, 15) is 14.7 Å². The summed E-state index contributed by atoms with van der Waals surface area (Å²) < 4.78 is 5.69. The van der Waals surface area contributed by atoms with Crippen LogP contribution in [0.15, 0.2) is 18.2 Å². The van der Waals surface area contributed by atoms with Crippen LogP contribution < -0.4 is 10.6 Å². The SMILES string of the molecule is Cc1cccc(C(=O)O)c1NC(=O)NC1CC2CCC1O2. The van der Waals surface area contributed by atoms with Crippen LogP contribution in [0.1, 0.15) is 35.2 Å². The van der Waals surface area contributed by atoms with E-state index in [4.69, 9.17) is 4.74 Å². The highest BCUT2D eigenvalue weighted by molar-refractivity contribution is 6.01. The van der Waals surface area contributed by atoms with E-state index in [1.54, 1.807) is 19.1 Å². The minimum absolute atomic E-state index is 0.0149. The van der Waals surface area contributed by atoms with Crippen molar-refractivity contribution in [1.82, 2.24) is 5.32 Å². The molecule has 3 atom stereocenters. The van der Waals surface area contributed by atoms with Crippen LogP contribution >= 0.6 is 0 Å². The van der Waals surface area contributed by atoms with Gasteiger partial charge in [-0.1, -0.05) is 12.1 Å². The number of rotatable bonds is 3. The fourth-order valence-electron chi connectivity index (χ4n) is 3.12. The van der Waals surface area contributed by atoms with Crippen molar-refractivity contribution in [3.8, 4) is 0 Å². The first-order valence-electron chi connectivity index (χ1n) is 7.10. The molecular formula is C15H18N2O4. The van der Waals surface area contributed by atoms with E-state index < -0.39 is 5.97 Å². The van der Waals surface area contributed by atoms with Gasteiger partial charge in [0.25, 0.3) is 0 Å². The molecule has 0 spiro atoms. The highest BCUT2D eigenvalue weighted by atomic mass is 16.5. The fraction of sp³-hybridized carbons (Fsp3) is 0.467. The number of aromatic carboxylic acids is 1. The summed E-state index contributed by atoms with van der Waals surface area (Å²) >= 11 is 0. The molecule has 2 aliphatic rings. The van der Waals surface area contributed by atoms with Crippen molar-refractivity contribution in [2.24, 2.45) is 0 Å². The summed E-state index contributed by atoms with van der Waals surface area (Å²) in [5, 5.41) is 14.7. The minimum atomic E-state index is -1.06. The standard InChI is InChI=1S/C15H18N2O4/c1-8-3-2-4-10(14(18)19)13(8)17-15(20)16-11-7-9-5-6-12(11)21-9/h2-4,9,11-12H,5-7H2,1H3,(H,18,19)(H2,16,17,20). The molecule has 2 amide bonds. The molecule has 1 aromatic carbocycles. The molecule has 21 heavy (non-hydrogen) atoms. The molecule has 3 N–H and O–H groups in total. The molecule has 2 saturated heterocycles. The molecule has 6 heteroatoms. The third kappa shape index (κ3) is 2.71. The molecule has 2 fully saturated rings. The Morgan fingerprint density at radius 2 is 2.14 bits per heavy atom. The number of para-hydroxylation sites is 1. The zero-order valence-corrected chi connectivity index (χ0v) is 11.8. The van der Waals surface area contributed by atoms with Crippen molar-refractivity contribution >= 4 is 17.7 Å². The van der Waals surface area contributed by atoms with Crippen LogP contribution in [-0.2, 0) is 4.74 Å². The minimum Gasteiger partial charge on any atom is -0.478 e. The Morgan fingerprint density at radius 3 is 2.76 bits per heavy atom. The van der Waals surface area contributed by atoms with Crippen LogP contribution in [0.4, 0.5) is 10.5 Å². The molecular weight excluding hydrogens is 272 g/mol. The zero-order chi connectivity index (χ0) is 15.0. The first kappa shape index (κ1) is 13.9. The smallest absolute Gasteiger partial charge is 0.337 e. The number of benzene rings is 1. The molecule has 0 saturated carbocycles. The Kier molecular flexibility index (Phi) is 3.55. The summed E-state index contributed by atoms with van der Waals surface area (Å²) in [4.78, 5) is 23.3. The van der Waals surface area contributed by atoms with Gasteiger partial charge in [0.15, 0.2) is 0 Å². The molecule has 2 heterocycles. The lowest BCUT2D eigenvalue weighted by atomic mass is 9.96. The van der Waals surface area contributed by atoms with Crippen molar-refractivity contribution in [2.45, 2.75) is 44.4 Å². The third-order valence-electron chi connectivity index (χ3n) is 4.16. The topological polar surface area (TPSA) is 87.7 Å². The predicted molar refractivity (Wildman–Crippen MR) is 76.6 cm³/mol. The van der Waals surface area contributed by atoms with Crippen molar-refractivity contribution in [1.29, 1.82) is 0 Å². The monoisotopic (exact) mass is 290 g/mol. The van der Waals surface area contributed by atoms with Gasteiger partial charge in [0.1, 0.15) is 0 Å². The van der Waals surface area contributed by atoms with Crippen LogP contribution in [0, 0.1) is 6.92 Å². The van der Waals surface area contributed by atoms with E-state index in [1.165, 1.54) is 6.07 Å². The maximum Gasteiger partial charge on any atom is 0.337 e. The number of carbonyl (C=O) groups excluding carboxylic acids is 1. The first-order chi connectivity index (χ1) is 10.0. The van der Waals surface area contributed by atoms with Gasteiger partial charge in [0.2, 0.25) is 0 Å². The number of nitrogens with one attached hydrogen (secondary N) is 2. The van der Waals surface area contributed by atoms with E-state index in [0.717, 1.165) is 19.3 Å². The highest BCUT2D eigenvalue weighted by Crippen LogP contribution is 2.34. The Bertz CT molecular complexity index is 587. The molecule has 0 aromatic heterocycles. The largest absolute Gasteiger partial charge is 0.478 e. The van der Waals surface area contributed by atoms with E-state index in [1.807, 2.05) is 0 Å². The second-order valence-corrected chi connectivity index (χ2v) is 5.62. The summed E-state index contributed by atoms with van der Waals surface area (Å²) in [5.74, 6) is -1.06. The average Bonchev–Trinajstić information content (AvgIpc) is 3.03. The van der Waals surface area contributed by atoms with Crippen molar-refractivity contribution in [2.75, 3.05) is 5.32 Å². The number of hydrogen-bond acceptors (Lipinski definition) is 3. The van der Waals surface area contributed by atoms with Gasteiger partial charge < -0.3 is 20.5 Å². The lowest BCUT2D eigenvalue weighted by molar-refractivity contribution is 0.0698. The van der Waals surface area contributed by atoms with Crippen molar-refractivity contribution in [3.63, 3.8) is 0 Å². The number of carboxylic acids is 1. The van der Waals surface area contributed by atoms with Crippen LogP contribution in [0.2, 0.25) is 0 Å². The second kappa shape index (κ2) is 5.37. The number of urea groups is 1. The lowest BCUT2D eigenvalue weighted by Crippen LogP contribution is -2.43. The summed E-state index contributed by atoms with van der Waals surface area (Å²) in [6.45, 7) is 1.77. The molecule has 112 valence electrons. The van der Waals surface area contributed by atoms with Gasteiger partial charge in [-0.05, 0) is 37.8 Å². The molecule has 2 aliphatic heterocycles. The first-order valence-corrected chi connectivity index (χ1v) is 7.10. The number of anilines is 1. The van der Waals surface area contributed by atoms with Crippen molar-refractivity contribution in [3.05, 3.63) is 29.3 Å². The molecule has 6 nitrogen and oxygen atoms in total. The molecule has 0 aliphatic carbocycles. The van der Waals surface area contributed by atoms with E-state index >= 15 is 0 Å². The molecule has 0 radical (unpaired) electrons. The number of hydrogen-bond donors (Lipinski definition) is 3. The fourth-order valence-corrected chi connectivity index (χ4v) is 3.12. The molecule has 1 aromatic rings. The number of amides is 2. The van der Waals surface area contributed by atoms with E-state index in [2.05, 4.69) is 10.6 Å². The maximum absolute atomic E-state index is 12.1. The van der Waals surface area contributed by atoms with E-state index in [0.29, 0.717) is 11.3 Å². The van der Waals surface area contributed by atoms with Crippen LogP contribution in [0.5, 0.6) is 0 Å². The van der Waals surface area contributed by atoms with Gasteiger partial charge in [0.05, 0.1) is 29.5 Å². The van der Waals surface area contributed by atoms with Crippen molar-refractivity contribution < 1.29 is 19.4 Å². The van der Waals surface area contributed by atoms with E-state index in [-0.39, 0.29) is 29.8 Å². The van der Waals surface area contributed by atoms with Gasteiger partial charge >= 0.3 is 12.0 Å². The second-order valence-electron chi connectivity index (χ2n) is 5.62. The summed E-state index contributed by atoms with van der Waals surface area (Å²) in [6, 6.07) is 4.54. The molecule has 3 unspecified atom stereocenters. The van der Waals surface area contributed by atoms with Gasteiger partial charge in [-0.2, -0.15) is 0 Å². The normalized spacial score (nSPS) is 26.6. The Morgan fingerprint density at radius 1 is 1.33 bits per heavy atom. The predicted octanol–water partition coefficient (Wildman–Crippen LogP) is 2.13. The highest BCUT2D eigenvalue weighted by Gasteiger charge is 2.41. The Labute approximate surface area is 122 Å². The number of ether oxygens (including phenoxy) is 1.